The van der Waals surface area contributed by atoms with Crippen LogP contribution in [0.1, 0.15) is 36.6 Å². The van der Waals surface area contributed by atoms with Crippen molar-refractivity contribution in [3.05, 3.63) is 47.3 Å². The van der Waals surface area contributed by atoms with Crippen LogP contribution in [0.5, 0.6) is 0 Å². The fraction of sp³-hybridized carbons (Fsp3) is 0.467. The van der Waals surface area contributed by atoms with E-state index in [1.165, 1.54) is 12.1 Å². The molecule has 1 aliphatic rings. The fourth-order valence-electron chi connectivity index (χ4n) is 2.84. The van der Waals surface area contributed by atoms with Crippen LogP contribution in [0, 0.1) is 5.82 Å². The maximum Gasteiger partial charge on any atom is 0.150 e. The van der Waals surface area contributed by atoms with E-state index >= 15 is 0 Å². The van der Waals surface area contributed by atoms with Crippen LogP contribution in [0.3, 0.4) is 0 Å². The van der Waals surface area contributed by atoms with Gasteiger partial charge >= 0.3 is 0 Å². The number of β-amino-alcohol motifs (C(OH)–C–C–N with tert-alkyl or cyclic N) is 1. The summed E-state index contributed by atoms with van der Waals surface area (Å²) < 4.78 is 13.0. The van der Waals surface area contributed by atoms with Crippen molar-refractivity contribution < 1.29 is 9.50 Å². The molecule has 1 fully saturated rings. The Morgan fingerprint density at radius 3 is 2.81 bits per heavy atom. The van der Waals surface area contributed by atoms with Gasteiger partial charge < -0.3 is 5.11 Å². The summed E-state index contributed by atoms with van der Waals surface area (Å²) in [7, 11) is 0. The van der Waals surface area contributed by atoms with Gasteiger partial charge in [-0.15, -0.1) is 0 Å². The molecule has 1 saturated heterocycles. The number of nitrogens with zero attached hydrogens (tertiary/aromatic N) is 3. The highest BCUT2D eigenvalue weighted by molar-refractivity contribution is 5.21. The zero-order valence-corrected chi connectivity index (χ0v) is 12.0. The first kappa shape index (κ1) is 14.2. The zero-order chi connectivity index (χ0) is 14.8. The van der Waals surface area contributed by atoms with Crippen molar-refractivity contribution in [2.45, 2.75) is 38.5 Å². The topological polar surface area (TPSA) is 65.0 Å². The minimum absolute atomic E-state index is 0.0794. The molecule has 0 saturated carbocycles. The number of hydrogen-bond donors (Lipinski definition) is 2. The van der Waals surface area contributed by atoms with Crippen molar-refractivity contribution in [1.82, 2.24) is 20.1 Å². The molecule has 6 heteroatoms. The molecular weight excluding hydrogens is 271 g/mol. The molecule has 21 heavy (non-hydrogen) atoms. The molecule has 2 heterocycles. The second-order valence-electron chi connectivity index (χ2n) is 5.44. The van der Waals surface area contributed by atoms with Crippen molar-refractivity contribution in [3.63, 3.8) is 0 Å². The number of likely N-dealkylation sites (tertiary alicyclic amines) is 1. The van der Waals surface area contributed by atoms with Gasteiger partial charge in [0.15, 0.2) is 0 Å². The molecule has 5 nitrogen and oxygen atoms in total. The van der Waals surface area contributed by atoms with Gasteiger partial charge in [-0.1, -0.05) is 19.1 Å². The van der Waals surface area contributed by atoms with Gasteiger partial charge in [-0.2, -0.15) is 5.10 Å². The van der Waals surface area contributed by atoms with Crippen LogP contribution in [-0.4, -0.2) is 37.8 Å². The van der Waals surface area contributed by atoms with Crippen molar-refractivity contribution >= 4 is 0 Å². The second-order valence-corrected chi connectivity index (χ2v) is 5.44. The number of aromatic amines is 1. The highest BCUT2D eigenvalue weighted by Crippen LogP contribution is 2.33. The van der Waals surface area contributed by atoms with E-state index in [2.05, 4.69) is 20.1 Å². The van der Waals surface area contributed by atoms with Gasteiger partial charge in [-0.05, 0) is 24.1 Å². The predicted octanol–water partition coefficient (Wildman–Crippen LogP) is 1.81. The van der Waals surface area contributed by atoms with Crippen molar-refractivity contribution in [2.24, 2.45) is 0 Å². The minimum Gasteiger partial charge on any atom is -0.392 e. The van der Waals surface area contributed by atoms with Gasteiger partial charge in [0.2, 0.25) is 0 Å². The van der Waals surface area contributed by atoms with E-state index in [0.29, 0.717) is 19.5 Å². The standard InChI is InChI=1S/C15H19FN4O/c1-2-14-17-15(19-18-14)9-20-8-12(21)7-13(20)10-3-5-11(16)6-4-10/h3-6,12-13,21H,2,7-9H2,1H3,(H,17,18,19)/t12-,13+/m1/s1. The summed E-state index contributed by atoms with van der Waals surface area (Å²) in [5.74, 6) is 1.35. The molecule has 1 aromatic heterocycles. The van der Waals surface area contributed by atoms with E-state index in [4.69, 9.17) is 0 Å². The number of nitrogens with one attached hydrogen (secondary N) is 1. The quantitative estimate of drug-likeness (QED) is 0.901. The number of aromatic nitrogens is 3. The molecule has 0 unspecified atom stereocenters. The number of H-pyrrole nitrogens is 1. The van der Waals surface area contributed by atoms with Crippen LogP contribution in [0.15, 0.2) is 24.3 Å². The molecule has 0 radical (unpaired) electrons. The Kier molecular flexibility index (Phi) is 3.98. The number of hydrogen-bond acceptors (Lipinski definition) is 4. The zero-order valence-electron chi connectivity index (χ0n) is 12.0. The lowest BCUT2D eigenvalue weighted by molar-refractivity contribution is 0.171. The molecule has 112 valence electrons. The lowest BCUT2D eigenvalue weighted by atomic mass is 10.0. The molecular formula is C15H19FN4O. The number of aliphatic hydroxyl groups excluding tert-OH is 1. The number of aliphatic hydroxyl groups is 1. The first-order chi connectivity index (χ1) is 10.2. The molecule has 2 atom stereocenters. The van der Waals surface area contributed by atoms with Crippen LogP contribution in [-0.2, 0) is 13.0 Å². The van der Waals surface area contributed by atoms with E-state index < -0.39 is 0 Å². The molecule has 0 aliphatic carbocycles. The van der Waals surface area contributed by atoms with E-state index in [-0.39, 0.29) is 18.0 Å². The van der Waals surface area contributed by atoms with Crippen LogP contribution >= 0.6 is 0 Å². The minimum atomic E-state index is -0.367. The second kappa shape index (κ2) is 5.91. The van der Waals surface area contributed by atoms with E-state index in [9.17, 15) is 9.50 Å². The summed E-state index contributed by atoms with van der Waals surface area (Å²) in [4.78, 5) is 6.56. The van der Waals surface area contributed by atoms with Crippen LogP contribution in [0.2, 0.25) is 0 Å². The predicted molar refractivity (Wildman–Crippen MR) is 75.9 cm³/mol. The Morgan fingerprint density at radius 2 is 2.14 bits per heavy atom. The lowest BCUT2D eigenvalue weighted by Crippen LogP contribution is -2.25. The normalized spacial score (nSPS) is 22.8. The van der Waals surface area contributed by atoms with Gasteiger partial charge in [0.05, 0.1) is 12.6 Å². The van der Waals surface area contributed by atoms with Crippen molar-refractivity contribution in [3.8, 4) is 0 Å². The van der Waals surface area contributed by atoms with E-state index in [1.807, 2.05) is 6.92 Å². The largest absolute Gasteiger partial charge is 0.392 e. The van der Waals surface area contributed by atoms with Crippen LogP contribution in [0.25, 0.3) is 0 Å². The maximum absolute atomic E-state index is 13.0. The molecule has 3 rings (SSSR count). The Bertz CT molecular complexity index is 598. The van der Waals surface area contributed by atoms with Gasteiger partial charge in [0, 0.05) is 19.0 Å². The summed E-state index contributed by atoms with van der Waals surface area (Å²) >= 11 is 0. The van der Waals surface area contributed by atoms with Crippen molar-refractivity contribution in [1.29, 1.82) is 0 Å². The Morgan fingerprint density at radius 1 is 1.38 bits per heavy atom. The molecule has 1 aliphatic heterocycles. The van der Waals surface area contributed by atoms with Gasteiger partial charge in [-0.3, -0.25) is 10.00 Å². The van der Waals surface area contributed by atoms with Crippen molar-refractivity contribution in [2.75, 3.05) is 6.54 Å². The molecule has 2 N–H and O–H groups in total. The highest BCUT2D eigenvalue weighted by atomic mass is 19.1. The molecule has 0 bridgehead atoms. The monoisotopic (exact) mass is 290 g/mol. The first-order valence-electron chi connectivity index (χ1n) is 7.23. The van der Waals surface area contributed by atoms with E-state index in [1.54, 1.807) is 12.1 Å². The summed E-state index contributed by atoms with van der Waals surface area (Å²) in [5.41, 5.74) is 1.02. The summed E-state index contributed by atoms with van der Waals surface area (Å²) in [5, 5.41) is 17.0. The molecule has 0 spiro atoms. The Labute approximate surface area is 122 Å². The SMILES string of the molecule is CCc1n[nH]c(CN2C[C@H](O)C[C@H]2c2ccc(F)cc2)n1. The highest BCUT2D eigenvalue weighted by Gasteiger charge is 2.32. The first-order valence-corrected chi connectivity index (χ1v) is 7.23. The van der Waals surface area contributed by atoms with Gasteiger partial charge in [-0.25, -0.2) is 9.37 Å². The lowest BCUT2D eigenvalue weighted by Gasteiger charge is -2.23. The van der Waals surface area contributed by atoms with Crippen LogP contribution in [0.4, 0.5) is 4.39 Å². The average Bonchev–Trinajstić information content (AvgIpc) is 3.07. The Hall–Kier alpha value is -1.79. The third kappa shape index (κ3) is 3.11. The summed E-state index contributed by atoms with van der Waals surface area (Å²) in [6.07, 6.45) is 1.08. The molecule has 1 aromatic carbocycles. The molecule has 2 aromatic rings. The third-order valence-corrected chi connectivity index (χ3v) is 3.88. The van der Waals surface area contributed by atoms with Crippen LogP contribution < -0.4 is 0 Å². The summed E-state index contributed by atoms with van der Waals surface area (Å²) in [6.45, 7) is 3.20. The fourth-order valence-corrected chi connectivity index (χ4v) is 2.84. The number of halogens is 1. The van der Waals surface area contributed by atoms with Gasteiger partial charge in [0.1, 0.15) is 17.5 Å². The number of benzene rings is 1. The smallest absolute Gasteiger partial charge is 0.150 e. The number of aryl methyl sites for hydroxylation is 1. The molecule has 0 amide bonds. The average molecular weight is 290 g/mol. The number of rotatable bonds is 4. The maximum atomic E-state index is 13.0. The summed E-state index contributed by atoms with van der Waals surface area (Å²) in [6, 6.07) is 6.56. The Balaban J connectivity index is 1.77. The third-order valence-electron chi connectivity index (χ3n) is 3.88. The van der Waals surface area contributed by atoms with Gasteiger partial charge in [0.25, 0.3) is 0 Å². The van der Waals surface area contributed by atoms with E-state index in [0.717, 1.165) is 23.6 Å².